The van der Waals surface area contributed by atoms with E-state index in [9.17, 15) is 15.0 Å². The summed E-state index contributed by atoms with van der Waals surface area (Å²) in [6, 6.07) is 1.71. The Labute approximate surface area is 118 Å². The summed E-state index contributed by atoms with van der Waals surface area (Å²) < 4.78 is 0. The Bertz CT molecular complexity index is 496. The van der Waals surface area contributed by atoms with Gasteiger partial charge in [0, 0.05) is 23.9 Å². The minimum Gasteiger partial charge on any atom is -0.479 e. The van der Waals surface area contributed by atoms with E-state index in [-0.39, 0.29) is 5.92 Å². The van der Waals surface area contributed by atoms with Crippen LogP contribution in [0.5, 0.6) is 0 Å². The van der Waals surface area contributed by atoms with Gasteiger partial charge in [0.2, 0.25) is 0 Å². The summed E-state index contributed by atoms with van der Waals surface area (Å²) in [7, 11) is 0. The molecule has 1 heterocycles. The number of hydrogen-bond donors (Lipinski definition) is 3. The van der Waals surface area contributed by atoms with Gasteiger partial charge in [0.05, 0.1) is 0 Å². The normalized spacial score (nSPS) is 41.5. The van der Waals surface area contributed by atoms with E-state index in [4.69, 9.17) is 0 Å². The Kier molecular flexibility index (Phi) is 2.56. The number of nitrogens with one attached hydrogen (secondary N) is 1. The number of aliphatic carboxylic acids is 1. The van der Waals surface area contributed by atoms with Crippen LogP contribution < -0.4 is 0 Å². The number of carbonyl (C=O) groups is 1. The van der Waals surface area contributed by atoms with Crippen molar-refractivity contribution in [3.05, 3.63) is 24.0 Å². The van der Waals surface area contributed by atoms with Crippen molar-refractivity contribution in [3.8, 4) is 0 Å². The second-order valence-corrected chi connectivity index (χ2v) is 7.13. The van der Waals surface area contributed by atoms with Crippen LogP contribution in [-0.4, -0.2) is 21.2 Å². The first kappa shape index (κ1) is 12.5. The lowest BCUT2D eigenvalue weighted by molar-refractivity contribution is -0.189. The number of rotatable bonds is 3. The van der Waals surface area contributed by atoms with Gasteiger partial charge < -0.3 is 15.2 Å². The van der Waals surface area contributed by atoms with Crippen LogP contribution in [0.4, 0.5) is 0 Å². The van der Waals surface area contributed by atoms with Crippen LogP contribution in [0.2, 0.25) is 0 Å². The molecule has 20 heavy (non-hydrogen) atoms. The van der Waals surface area contributed by atoms with Crippen LogP contribution in [0.25, 0.3) is 0 Å². The molecule has 3 N–H and O–H groups in total. The Hall–Kier alpha value is -1.29. The molecule has 0 aromatic carbocycles. The number of aromatic amines is 1. The van der Waals surface area contributed by atoms with E-state index in [2.05, 4.69) is 4.98 Å². The fourth-order valence-electron chi connectivity index (χ4n) is 5.63. The SMILES string of the molecule is O=C(O)C(O)(c1cc[nH]c1)C1C2CC3CC(C2)CC1C3. The lowest BCUT2D eigenvalue weighted by Gasteiger charge is -2.57. The smallest absolute Gasteiger partial charge is 0.340 e. The van der Waals surface area contributed by atoms with Crippen LogP contribution in [0, 0.1) is 29.6 Å². The monoisotopic (exact) mass is 275 g/mol. The molecule has 4 nitrogen and oxygen atoms in total. The molecule has 0 radical (unpaired) electrons. The number of carboxylic acid groups (broad SMARTS) is 1. The summed E-state index contributed by atoms with van der Waals surface area (Å²) in [6.07, 6.45) is 9.10. The summed E-state index contributed by atoms with van der Waals surface area (Å²) in [6.45, 7) is 0. The van der Waals surface area contributed by atoms with Gasteiger partial charge >= 0.3 is 5.97 Å². The van der Waals surface area contributed by atoms with Crippen molar-refractivity contribution >= 4 is 5.97 Å². The molecule has 0 aliphatic heterocycles. The average molecular weight is 275 g/mol. The highest BCUT2D eigenvalue weighted by molar-refractivity contribution is 5.79. The van der Waals surface area contributed by atoms with Gasteiger partial charge in [0.1, 0.15) is 0 Å². The van der Waals surface area contributed by atoms with Crippen molar-refractivity contribution in [2.75, 3.05) is 0 Å². The summed E-state index contributed by atoms with van der Waals surface area (Å²) in [5.41, 5.74) is -1.20. The van der Waals surface area contributed by atoms with E-state index >= 15 is 0 Å². The summed E-state index contributed by atoms with van der Waals surface area (Å²) in [5.74, 6) is 1.10. The summed E-state index contributed by atoms with van der Waals surface area (Å²) >= 11 is 0. The molecule has 1 aromatic rings. The van der Waals surface area contributed by atoms with Crippen LogP contribution in [0.15, 0.2) is 18.5 Å². The van der Waals surface area contributed by atoms with Gasteiger partial charge in [-0.3, -0.25) is 0 Å². The highest BCUT2D eigenvalue weighted by atomic mass is 16.4. The first-order valence-corrected chi connectivity index (χ1v) is 7.68. The lowest BCUT2D eigenvalue weighted by atomic mass is 9.48. The Morgan fingerprint density at radius 3 is 2.20 bits per heavy atom. The van der Waals surface area contributed by atoms with Crippen molar-refractivity contribution < 1.29 is 15.0 Å². The van der Waals surface area contributed by atoms with Crippen molar-refractivity contribution in [3.63, 3.8) is 0 Å². The number of carboxylic acids is 1. The highest BCUT2D eigenvalue weighted by Crippen LogP contribution is 2.60. The quantitative estimate of drug-likeness (QED) is 0.793. The minimum absolute atomic E-state index is 0.122. The standard InChI is InChI=1S/C16H21NO3/c18-15(19)16(20,13-1-2-17-8-13)14-11-4-9-3-10(6-11)7-12(14)5-9/h1-2,8-12,14,17,20H,3-7H2,(H,18,19). The molecule has 0 amide bonds. The van der Waals surface area contributed by atoms with Gasteiger partial charge in [-0.1, -0.05) is 0 Å². The number of aromatic nitrogens is 1. The fourth-order valence-corrected chi connectivity index (χ4v) is 5.63. The van der Waals surface area contributed by atoms with E-state index in [1.807, 2.05) is 0 Å². The van der Waals surface area contributed by atoms with Gasteiger partial charge in [-0.05, 0) is 61.8 Å². The largest absolute Gasteiger partial charge is 0.479 e. The van der Waals surface area contributed by atoms with Gasteiger partial charge in [-0.15, -0.1) is 0 Å². The van der Waals surface area contributed by atoms with Crippen molar-refractivity contribution in [2.45, 2.75) is 37.7 Å². The van der Waals surface area contributed by atoms with Crippen molar-refractivity contribution in [1.82, 2.24) is 4.98 Å². The molecular formula is C16H21NO3. The van der Waals surface area contributed by atoms with Crippen LogP contribution in [0.3, 0.4) is 0 Å². The average Bonchev–Trinajstić information content (AvgIpc) is 2.90. The van der Waals surface area contributed by atoms with Gasteiger partial charge in [-0.25, -0.2) is 4.79 Å². The van der Waals surface area contributed by atoms with Gasteiger partial charge in [-0.2, -0.15) is 0 Å². The Morgan fingerprint density at radius 1 is 1.15 bits per heavy atom. The van der Waals surface area contributed by atoms with Crippen molar-refractivity contribution in [2.24, 2.45) is 29.6 Å². The van der Waals surface area contributed by atoms with E-state index in [0.29, 0.717) is 17.4 Å². The van der Waals surface area contributed by atoms with Gasteiger partial charge in [0.25, 0.3) is 0 Å². The third kappa shape index (κ3) is 1.54. The van der Waals surface area contributed by atoms with E-state index in [0.717, 1.165) is 37.5 Å². The molecule has 1 atom stereocenters. The first-order valence-electron chi connectivity index (χ1n) is 7.68. The van der Waals surface area contributed by atoms with Crippen LogP contribution in [0.1, 0.15) is 37.7 Å². The zero-order chi connectivity index (χ0) is 13.9. The molecule has 4 aliphatic carbocycles. The maximum atomic E-state index is 11.9. The molecule has 4 aliphatic rings. The second kappa shape index (κ2) is 4.10. The van der Waals surface area contributed by atoms with Crippen LogP contribution >= 0.6 is 0 Å². The maximum absolute atomic E-state index is 11.9. The molecule has 4 fully saturated rings. The molecule has 108 valence electrons. The van der Waals surface area contributed by atoms with Gasteiger partial charge in [0.15, 0.2) is 5.60 Å². The predicted molar refractivity (Wildman–Crippen MR) is 72.9 cm³/mol. The van der Waals surface area contributed by atoms with Crippen LogP contribution in [-0.2, 0) is 10.4 Å². The number of hydrogen-bond acceptors (Lipinski definition) is 2. The summed E-state index contributed by atoms with van der Waals surface area (Å²) in [4.78, 5) is 14.8. The zero-order valence-corrected chi connectivity index (χ0v) is 11.5. The fraction of sp³-hybridized carbons (Fsp3) is 0.688. The third-order valence-electron chi connectivity index (χ3n) is 6.07. The van der Waals surface area contributed by atoms with E-state index in [1.165, 1.54) is 6.42 Å². The molecule has 4 saturated carbocycles. The molecule has 4 heteroatoms. The topological polar surface area (TPSA) is 73.3 Å². The minimum atomic E-state index is -1.72. The lowest BCUT2D eigenvalue weighted by Crippen LogP contribution is -2.56. The molecule has 4 bridgehead atoms. The highest BCUT2D eigenvalue weighted by Gasteiger charge is 2.59. The van der Waals surface area contributed by atoms with Crippen molar-refractivity contribution in [1.29, 1.82) is 0 Å². The molecular weight excluding hydrogens is 254 g/mol. The molecule has 0 saturated heterocycles. The second-order valence-electron chi connectivity index (χ2n) is 7.13. The van der Waals surface area contributed by atoms with E-state index in [1.54, 1.807) is 18.5 Å². The molecule has 0 spiro atoms. The third-order valence-corrected chi connectivity index (χ3v) is 6.07. The Balaban J connectivity index is 1.76. The molecule has 1 unspecified atom stereocenters. The Morgan fingerprint density at radius 2 is 1.75 bits per heavy atom. The molecule has 1 aromatic heterocycles. The molecule has 5 rings (SSSR count). The predicted octanol–water partition coefficient (Wildman–Crippen LogP) is 2.36. The first-order chi connectivity index (χ1) is 9.59. The summed E-state index contributed by atoms with van der Waals surface area (Å²) in [5, 5.41) is 20.8. The zero-order valence-electron chi connectivity index (χ0n) is 11.5. The van der Waals surface area contributed by atoms with E-state index < -0.39 is 11.6 Å². The number of H-pyrrole nitrogens is 1. The maximum Gasteiger partial charge on any atom is 0.340 e. The number of aliphatic hydroxyl groups is 1.